The Balaban J connectivity index is 2.10. The summed E-state index contributed by atoms with van der Waals surface area (Å²) in [5, 5.41) is 23.1. The highest BCUT2D eigenvalue weighted by atomic mass is 16.2. The van der Waals surface area contributed by atoms with Crippen LogP contribution in [0.3, 0.4) is 0 Å². The van der Waals surface area contributed by atoms with Gasteiger partial charge in [0.15, 0.2) is 0 Å². The smallest absolute Gasteiger partial charge is 0.245 e. The Bertz CT molecular complexity index is 385. The number of carbonyl (C=O) groups excluding carboxylic acids is 1. The zero-order chi connectivity index (χ0) is 16.8. The predicted molar refractivity (Wildman–Crippen MR) is 95.2 cm³/mol. The van der Waals surface area contributed by atoms with Crippen LogP contribution in [0, 0.1) is 10.8 Å². The quantitative estimate of drug-likeness (QED) is 0.240. The van der Waals surface area contributed by atoms with Gasteiger partial charge in [-0.25, -0.2) is 0 Å². The van der Waals surface area contributed by atoms with Crippen LogP contribution in [0.5, 0.6) is 0 Å². The van der Waals surface area contributed by atoms with Crippen molar-refractivity contribution in [2.75, 3.05) is 26.2 Å². The second-order valence-corrected chi connectivity index (χ2v) is 5.74. The van der Waals surface area contributed by atoms with E-state index in [1.54, 1.807) is 0 Å². The van der Waals surface area contributed by atoms with Crippen molar-refractivity contribution in [1.82, 2.24) is 16.0 Å². The van der Waals surface area contributed by atoms with Gasteiger partial charge in [-0.05, 0) is 51.6 Å². The number of hydrogen-bond acceptors (Lipinski definition) is 6. The highest BCUT2D eigenvalue weighted by molar-refractivity contribution is 5.89. The molecule has 1 amide bonds. The van der Waals surface area contributed by atoms with Crippen LogP contribution in [-0.4, -0.2) is 62.8 Å². The minimum Gasteiger partial charge on any atom is -0.347 e. The van der Waals surface area contributed by atoms with E-state index in [0.29, 0.717) is 13.1 Å². The van der Waals surface area contributed by atoms with Crippen molar-refractivity contribution in [3.8, 4) is 0 Å². The fraction of sp³-hybridized carbons (Fsp3) is 0.750. The first-order valence-electron chi connectivity index (χ1n) is 8.51. The maximum atomic E-state index is 12.0. The zero-order valence-corrected chi connectivity index (χ0v) is 13.8. The normalized spacial score (nSPS) is 20.3. The van der Waals surface area contributed by atoms with Gasteiger partial charge in [0.05, 0.1) is 6.04 Å². The number of aliphatic imine (C=N–C) groups is 1. The Labute approximate surface area is 138 Å². The molecule has 5 N–H and O–H groups in total. The first kappa shape index (κ1) is 19.4. The van der Waals surface area contributed by atoms with Crippen molar-refractivity contribution in [2.24, 2.45) is 4.99 Å². The summed E-state index contributed by atoms with van der Waals surface area (Å²) in [6.07, 6.45) is 10.3. The van der Waals surface area contributed by atoms with Gasteiger partial charge in [0, 0.05) is 31.7 Å². The van der Waals surface area contributed by atoms with Gasteiger partial charge in [0.1, 0.15) is 6.04 Å². The Morgan fingerprint density at radius 2 is 1.65 bits per heavy atom. The van der Waals surface area contributed by atoms with Gasteiger partial charge in [0.2, 0.25) is 5.91 Å². The molecule has 2 atom stereocenters. The summed E-state index contributed by atoms with van der Waals surface area (Å²) in [7, 11) is 0. The molecule has 1 rings (SSSR count). The number of nitrogens with zero attached hydrogens (tertiary/aromatic N) is 1. The molecule has 0 aliphatic carbocycles. The number of hydrogen-bond donors (Lipinski definition) is 5. The number of amides is 1. The van der Waals surface area contributed by atoms with Gasteiger partial charge in [-0.2, -0.15) is 0 Å². The van der Waals surface area contributed by atoms with Gasteiger partial charge in [0.25, 0.3) is 0 Å². The molecule has 7 nitrogen and oxygen atoms in total. The molecule has 0 aromatic rings. The summed E-state index contributed by atoms with van der Waals surface area (Å²) in [5.74, 6) is 0.0480. The third kappa shape index (κ3) is 9.20. The maximum Gasteiger partial charge on any atom is 0.245 e. The fourth-order valence-corrected chi connectivity index (χ4v) is 2.49. The molecule has 0 radical (unpaired) electrons. The van der Waals surface area contributed by atoms with Gasteiger partial charge < -0.3 is 26.8 Å². The minimum atomic E-state index is -0.233. The van der Waals surface area contributed by atoms with E-state index in [-0.39, 0.29) is 18.0 Å². The van der Waals surface area contributed by atoms with E-state index in [1.165, 1.54) is 12.4 Å². The summed E-state index contributed by atoms with van der Waals surface area (Å²) < 4.78 is 0. The molecule has 0 spiro atoms. The topological polar surface area (TPSA) is 113 Å². The van der Waals surface area contributed by atoms with Crippen LogP contribution < -0.4 is 16.0 Å². The lowest BCUT2D eigenvalue weighted by molar-refractivity contribution is -0.123. The van der Waals surface area contributed by atoms with E-state index in [1.807, 2.05) is 6.21 Å². The summed E-state index contributed by atoms with van der Waals surface area (Å²) in [5.41, 5.74) is 0. The van der Waals surface area contributed by atoms with Crippen LogP contribution in [0.4, 0.5) is 0 Å². The van der Waals surface area contributed by atoms with E-state index in [9.17, 15) is 4.79 Å². The number of rotatable bonds is 14. The molecule has 130 valence electrons. The molecular formula is C16H30N6O. The highest BCUT2D eigenvalue weighted by Gasteiger charge is 2.23. The first-order valence-corrected chi connectivity index (χ1v) is 8.51. The molecule has 0 bridgehead atoms. The van der Waals surface area contributed by atoms with Crippen LogP contribution in [0.15, 0.2) is 4.99 Å². The Hall–Kier alpha value is -1.60. The van der Waals surface area contributed by atoms with Crippen molar-refractivity contribution >= 4 is 24.6 Å². The molecule has 1 aliphatic heterocycles. The van der Waals surface area contributed by atoms with E-state index >= 15 is 0 Å². The summed E-state index contributed by atoms with van der Waals surface area (Å²) in [6, 6.07) is -0.168. The van der Waals surface area contributed by atoms with Crippen LogP contribution >= 0.6 is 0 Å². The molecule has 0 fully saturated rings. The van der Waals surface area contributed by atoms with Gasteiger partial charge in [-0.3, -0.25) is 9.79 Å². The molecule has 0 aromatic heterocycles. The molecule has 0 saturated carbocycles. The highest BCUT2D eigenvalue weighted by Crippen LogP contribution is 2.10. The third-order valence-electron chi connectivity index (χ3n) is 3.77. The third-order valence-corrected chi connectivity index (χ3v) is 3.77. The number of nitrogens with one attached hydrogen (secondary N) is 5. The average Bonchev–Trinajstić information content (AvgIpc) is 2.55. The molecule has 0 saturated heterocycles. The monoisotopic (exact) mass is 322 g/mol. The molecular weight excluding hydrogens is 292 g/mol. The lowest BCUT2D eigenvalue weighted by Gasteiger charge is -2.23. The van der Waals surface area contributed by atoms with Crippen LogP contribution in [-0.2, 0) is 4.79 Å². The SMILES string of the molecule is N=CCNCCCCC1C=NC(CCCCNCC=N)C(=O)N1. The summed E-state index contributed by atoms with van der Waals surface area (Å²) in [4.78, 5) is 16.5. The van der Waals surface area contributed by atoms with Crippen molar-refractivity contribution in [3.63, 3.8) is 0 Å². The molecule has 2 unspecified atom stereocenters. The van der Waals surface area contributed by atoms with E-state index in [2.05, 4.69) is 20.9 Å². The Kier molecular flexibility index (Phi) is 10.9. The fourth-order valence-electron chi connectivity index (χ4n) is 2.49. The molecule has 7 heteroatoms. The Morgan fingerprint density at radius 1 is 1.04 bits per heavy atom. The maximum absolute atomic E-state index is 12.0. The minimum absolute atomic E-state index is 0.0480. The summed E-state index contributed by atoms with van der Waals surface area (Å²) in [6.45, 7) is 3.02. The zero-order valence-electron chi connectivity index (χ0n) is 13.8. The lowest BCUT2D eigenvalue weighted by atomic mass is 10.0. The molecule has 23 heavy (non-hydrogen) atoms. The molecule has 1 heterocycles. The van der Waals surface area contributed by atoms with Crippen LogP contribution in [0.25, 0.3) is 0 Å². The number of unbranched alkanes of at least 4 members (excludes halogenated alkanes) is 2. The van der Waals surface area contributed by atoms with E-state index in [0.717, 1.165) is 51.6 Å². The van der Waals surface area contributed by atoms with Crippen LogP contribution in [0.2, 0.25) is 0 Å². The van der Waals surface area contributed by atoms with E-state index < -0.39 is 0 Å². The van der Waals surface area contributed by atoms with Crippen molar-refractivity contribution in [3.05, 3.63) is 0 Å². The first-order chi connectivity index (χ1) is 11.3. The second-order valence-electron chi connectivity index (χ2n) is 5.74. The number of carbonyl (C=O) groups is 1. The van der Waals surface area contributed by atoms with Crippen molar-refractivity contribution in [1.29, 1.82) is 10.8 Å². The van der Waals surface area contributed by atoms with Crippen LogP contribution in [0.1, 0.15) is 38.5 Å². The largest absolute Gasteiger partial charge is 0.347 e. The van der Waals surface area contributed by atoms with Gasteiger partial charge in [-0.1, -0.05) is 0 Å². The van der Waals surface area contributed by atoms with Crippen molar-refractivity contribution in [2.45, 2.75) is 50.6 Å². The molecule has 1 aliphatic rings. The molecule has 0 aromatic carbocycles. The van der Waals surface area contributed by atoms with Gasteiger partial charge in [-0.15, -0.1) is 0 Å². The van der Waals surface area contributed by atoms with Crippen molar-refractivity contribution < 1.29 is 4.79 Å². The standard InChI is InChI=1S/C16H30N6O/c17-7-11-19-9-3-1-5-14-13-21-15(16(23)22-14)6-2-4-10-20-12-8-18/h7-8,13-15,17-20H,1-6,9-12H2,(H,22,23). The predicted octanol–water partition coefficient (Wildman–Crippen LogP) is 0.743. The van der Waals surface area contributed by atoms with E-state index in [4.69, 9.17) is 10.8 Å². The average molecular weight is 322 g/mol. The second kappa shape index (κ2) is 12.9. The summed E-state index contributed by atoms with van der Waals surface area (Å²) >= 11 is 0. The Morgan fingerprint density at radius 3 is 2.22 bits per heavy atom. The lowest BCUT2D eigenvalue weighted by Crippen LogP contribution is -2.45. The van der Waals surface area contributed by atoms with Gasteiger partial charge >= 0.3 is 0 Å².